The summed E-state index contributed by atoms with van der Waals surface area (Å²) in [6.07, 6.45) is 0.610. The number of carbonyl (C=O) groups is 1. The average Bonchev–Trinajstić information content (AvgIpc) is 2.82. The van der Waals surface area contributed by atoms with E-state index in [2.05, 4.69) is 0 Å². The highest BCUT2D eigenvalue weighted by Gasteiger charge is 2.29. The van der Waals surface area contributed by atoms with Gasteiger partial charge in [0.05, 0.1) is 22.1 Å². The van der Waals surface area contributed by atoms with Crippen molar-refractivity contribution in [2.24, 2.45) is 0 Å². The Kier molecular flexibility index (Phi) is 3.58. The first-order valence-electron chi connectivity index (χ1n) is 5.11. The number of nitrogens with zero attached hydrogens (tertiary/aromatic N) is 1. The minimum absolute atomic E-state index is 0.0104. The van der Waals surface area contributed by atoms with Gasteiger partial charge in [-0.3, -0.25) is 4.84 Å². The van der Waals surface area contributed by atoms with E-state index < -0.39 is 16.0 Å². The summed E-state index contributed by atoms with van der Waals surface area (Å²) in [6.45, 7) is 0.589. The van der Waals surface area contributed by atoms with Gasteiger partial charge in [0.2, 0.25) is 0 Å². The number of carboxylic acid groups (broad SMARTS) is 1. The molecule has 8 heteroatoms. The van der Waals surface area contributed by atoms with Crippen LogP contribution in [0.5, 0.6) is 0 Å². The number of rotatable bonds is 3. The normalized spacial score (nSPS) is 16.9. The number of halogens is 1. The van der Waals surface area contributed by atoms with E-state index >= 15 is 0 Å². The molecule has 1 fully saturated rings. The van der Waals surface area contributed by atoms with Crippen molar-refractivity contribution in [3.05, 3.63) is 28.8 Å². The van der Waals surface area contributed by atoms with Crippen molar-refractivity contribution >= 4 is 27.6 Å². The third-order valence-corrected chi connectivity index (χ3v) is 4.46. The predicted molar refractivity (Wildman–Crippen MR) is 62.9 cm³/mol. The number of aromatic carboxylic acids is 1. The summed E-state index contributed by atoms with van der Waals surface area (Å²) in [5, 5.41) is 8.89. The Morgan fingerprint density at radius 2 is 2.17 bits per heavy atom. The van der Waals surface area contributed by atoms with E-state index in [1.54, 1.807) is 0 Å². The molecule has 1 heterocycles. The molecule has 6 nitrogen and oxygen atoms in total. The molecule has 0 spiro atoms. The van der Waals surface area contributed by atoms with Gasteiger partial charge < -0.3 is 5.11 Å². The number of benzene rings is 1. The van der Waals surface area contributed by atoms with Crippen molar-refractivity contribution in [1.82, 2.24) is 4.47 Å². The monoisotopic (exact) mass is 291 g/mol. The molecule has 1 saturated heterocycles. The zero-order valence-corrected chi connectivity index (χ0v) is 10.7. The fraction of sp³-hybridized carbons (Fsp3) is 0.300. The molecule has 0 saturated carbocycles. The highest BCUT2D eigenvalue weighted by atomic mass is 35.5. The molecule has 1 aliphatic heterocycles. The fourth-order valence-corrected chi connectivity index (χ4v) is 3.08. The summed E-state index contributed by atoms with van der Waals surface area (Å²) < 4.78 is 25.0. The summed E-state index contributed by atoms with van der Waals surface area (Å²) in [6, 6.07) is 3.53. The lowest BCUT2D eigenvalue weighted by Gasteiger charge is -2.14. The summed E-state index contributed by atoms with van der Waals surface area (Å²) >= 11 is 5.68. The molecule has 0 atom stereocenters. The van der Waals surface area contributed by atoms with Crippen molar-refractivity contribution in [2.75, 3.05) is 13.2 Å². The Balaban J connectivity index is 2.45. The second kappa shape index (κ2) is 4.85. The third-order valence-electron chi connectivity index (χ3n) is 2.45. The molecule has 0 aromatic heterocycles. The Hall–Kier alpha value is -1.15. The van der Waals surface area contributed by atoms with E-state index in [9.17, 15) is 13.2 Å². The minimum atomic E-state index is -3.82. The van der Waals surface area contributed by atoms with E-state index in [1.165, 1.54) is 12.1 Å². The lowest BCUT2D eigenvalue weighted by Crippen LogP contribution is -2.27. The first-order chi connectivity index (χ1) is 8.43. The van der Waals surface area contributed by atoms with Crippen LogP contribution in [0.3, 0.4) is 0 Å². The van der Waals surface area contributed by atoms with Gasteiger partial charge in [0.25, 0.3) is 10.0 Å². The van der Waals surface area contributed by atoms with Gasteiger partial charge in [-0.2, -0.15) is 0 Å². The minimum Gasteiger partial charge on any atom is -0.478 e. The van der Waals surface area contributed by atoms with Crippen LogP contribution < -0.4 is 0 Å². The van der Waals surface area contributed by atoms with Gasteiger partial charge in [-0.05, 0) is 24.6 Å². The molecule has 1 aliphatic rings. The van der Waals surface area contributed by atoms with Crippen LogP contribution in [0.4, 0.5) is 0 Å². The zero-order chi connectivity index (χ0) is 13.3. The molecule has 1 aromatic carbocycles. The topological polar surface area (TPSA) is 83.9 Å². The third kappa shape index (κ3) is 2.35. The van der Waals surface area contributed by atoms with Crippen LogP contribution >= 0.6 is 11.6 Å². The Bertz CT molecular complexity index is 580. The Morgan fingerprint density at radius 3 is 2.72 bits per heavy atom. The highest BCUT2D eigenvalue weighted by molar-refractivity contribution is 7.89. The molecule has 1 aromatic rings. The second-order valence-electron chi connectivity index (χ2n) is 3.66. The Morgan fingerprint density at radius 1 is 1.44 bits per heavy atom. The summed E-state index contributed by atoms with van der Waals surface area (Å²) in [5.41, 5.74) is -0.253. The second-order valence-corrected chi connectivity index (χ2v) is 5.90. The smallest absolute Gasteiger partial charge is 0.337 e. The van der Waals surface area contributed by atoms with E-state index in [0.29, 0.717) is 13.0 Å². The molecular weight excluding hydrogens is 282 g/mol. The molecule has 0 radical (unpaired) electrons. The lowest BCUT2D eigenvalue weighted by molar-refractivity contribution is -0.0284. The van der Waals surface area contributed by atoms with Crippen LogP contribution in [0.1, 0.15) is 16.8 Å². The van der Waals surface area contributed by atoms with Gasteiger partial charge in [0, 0.05) is 6.54 Å². The molecule has 0 aliphatic carbocycles. The first-order valence-corrected chi connectivity index (χ1v) is 6.93. The van der Waals surface area contributed by atoms with Gasteiger partial charge in [0.1, 0.15) is 0 Å². The molecule has 0 amide bonds. The van der Waals surface area contributed by atoms with Crippen molar-refractivity contribution < 1.29 is 23.2 Å². The van der Waals surface area contributed by atoms with Crippen molar-refractivity contribution in [3.63, 3.8) is 0 Å². The van der Waals surface area contributed by atoms with E-state index in [-0.39, 0.29) is 22.0 Å². The van der Waals surface area contributed by atoms with Crippen LogP contribution in [0, 0.1) is 0 Å². The summed E-state index contributed by atoms with van der Waals surface area (Å²) in [7, 11) is -3.82. The molecule has 1 N–H and O–H groups in total. The highest BCUT2D eigenvalue weighted by Crippen LogP contribution is 2.24. The van der Waals surface area contributed by atoms with Crippen LogP contribution in [-0.4, -0.2) is 37.1 Å². The largest absolute Gasteiger partial charge is 0.478 e. The molecule has 0 bridgehead atoms. The molecule has 98 valence electrons. The predicted octanol–water partition coefficient (Wildman–Crippen LogP) is 1.36. The van der Waals surface area contributed by atoms with Crippen molar-refractivity contribution in [1.29, 1.82) is 0 Å². The Labute approximate surface area is 109 Å². The summed E-state index contributed by atoms with van der Waals surface area (Å²) in [4.78, 5) is 15.7. The maximum atomic E-state index is 12.1. The van der Waals surface area contributed by atoms with E-state index in [4.69, 9.17) is 21.5 Å². The van der Waals surface area contributed by atoms with E-state index in [1.807, 2.05) is 0 Å². The number of hydroxylamine groups is 1. The maximum Gasteiger partial charge on any atom is 0.337 e. The van der Waals surface area contributed by atoms with Gasteiger partial charge in [-0.1, -0.05) is 16.1 Å². The molecule has 18 heavy (non-hydrogen) atoms. The zero-order valence-electron chi connectivity index (χ0n) is 9.17. The lowest BCUT2D eigenvalue weighted by atomic mass is 10.2. The van der Waals surface area contributed by atoms with Gasteiger partial charge in [-0.25, -0.2) is 13.2 Å². The van der Waals surface area contributed by atoms with Crippen molar-refractivity contribution in [3.8, 4) is 0 Å². The molecule has 2 rings (SSSR count). The van der Waals surface area contributed by atoms with Gasteiger partial charge in [-0.15, -0.1) is 0 Å². The number of carboxylic acids is 1. The van der Waals surface area contributed by atoms with Crippen molar-refractivity contribution in [2.45, 2.75) is 11.3 Å². The number of hydrogen-bond acceptors (Lipinski definition) is 4. The average molecular weight is 292 g/mol. The van der Waals surface area contributed by atoms with Crippen LogP contribution in [0.25, 0.3) is 0 Å². The van der Waals surface area contributed by atoms with Crippen LogP contribution in [0.15, 0.2) is 23.1 Å². The molecule has 0 unspecified atom stereocenters. The number of sulfonamides is 1. The van der Waals surface area contributed by atoms with Gasteiger partial charge in [0.15, 0.2) is 0 Å². The summed E-state index contributed by atoms with van der Waals surface area (Å²) in [5.74, 6) is -1.28. The fourth-order valence-electron chi connectivity index (χ4n) is 1.56. The van der Waals surface area contributed by atoms with Crippen LogP contribution in [-0.2, 0) is 14.9 Å². The standard InChI is InChI=1S/C10H10ClNO5S/c11-9-3-2-7(6-8(9)10(13)14)18(15,16)12-4-1-5-17-12/h2-3,6H,1,4-5H2,(H,13,14). The maximum absolute atomic E-state index is 12.1. The SMILES string of the molecule is O=C(O)c1cc(S(=O)(=O)N2CCCO2)ccc1Cl. The number of hydrogen-bond donors (Lipinski definition) is 1. The first kappa shape index (κ1) is 13.3. The quantitative estimate of drug-likeness (QED) is 0.909. The van der Waals surface area contributed by atoms with Crippen LogP contribution in [0.2, 0.25) is 5.02 Å². The van der Waals surface area contributed by atoms with E-state index in [0.717, 1.165) is 10.5 Å². The molecular formula is C10H10ClNO5S. The van der Waals surface area contributed by atoms with Gasteiger partial charge >= 0.3 is 5.97 Å².